The van der Waals surface area contributed by atoms with Crippen LogP contribution in [0.4, 0.5) is 0 Å². The topological polar surface area (TPSA) is 38.7 Å². The van der Waals surface area contributed by atoms with Crippen molar-refractivity contribution in [3.8, 4) is 22.4 Å². The predicted molar refractivity (Wildman–Crippen MR) is 180 cm³/mol. The van der Waals surface area contributed by atoms with E-state index in [9.17, 15) is 0 Å². The molecule has 43 heavy (non-hydrogen) atoms. The van der Waals surface area contributed by atoms with Crippen LogP contribution in [0.3, 0.4) is 0 Å². The molecule has 0 N–H and O–H groups in total. The molecular formula is C40H25N3. The molecule has 0 aliphatic heterocycles. The molecule has 3 heterocycles. The van der Waals surface area contributed by atoms with E-state index in [-0.39, 0.29) is 0 Å². The zero-order chi connectivity index (χ0) is 28.5. The molecule has 0 saturated carbocycles. The van der Waals surface area contributed by atoms with Gasteiger partial charge in [0.2, 0.25) is 0 Å². The quantitative estimate of drug-likeness (QED) is 0.160. The van der Waals surface area contributed by atoms with Crippen molar-refractivity contribution < 1.29 is 0 Å². The number of hydrogen-bond acceptors (Lipinski definition) is 3. The van der Waals surface area contributed by atoms with E-state index >= 15 is 0 Å². The number of aromatic nitrogens is 3. The Labute approximate surface area is 248 Å². The van der Waals surface area contributed by atoms with Gasteiger partial charge in [0.05, 0.1) is 27.8 Å². The zero-order valence-corrected chi connectivity index (χ0v) is 23.5. The van der Waals surface area contributed by atoms with Gasteiger partial charge in [-0.15, -0.1) is 0 Å². The second-order valence-corrected chi connectivity index (χ2v) is 11.3. The number of fused-ring (bicyclic) bond motifs is 9. The second-order valence-electron chi connectivity index (χ2n) is 11.3. The van der Waals surface area contributed by atoms with Crippen LogP contribution < -0.4 is 0 Å². The molecule has 6 aromatic carbocycles. The van der Waals surface area contributed by atoms with Gasteiger partial charge in [0.25, 0.3) is 0 Å². The van der Waals surface area contributed by atoms with Gasteiger partial charge in [-0.1, -0.05) is 115 Å². The molecule has 3 heteroatoms. The number of aryl methyl sites for hydroxylation is 1. The first-order valence-electron chi connectivity index (χ1n) is 14.6. The lowest BCUT2D eigenvalue weighted by atomic mass is 9.91. The van der Waals surface area contributed by atoms with Crippen molar-refractivity contribution in [1.82, 2.24) is 15.0 Å². The number of pyridine rings is 3. The first kappa shape index (κ1) is 24.0. The molecule has 9 rings (SSSR count). The summed E-state index contributed by atoms with van der Waals surface area (Å²) in [6, 6.07) is 45.4. The highest BCUT2D eigenvalue weighted by atomic mass is 14.8. The fourth-order valence-electron chi connectivity index (χ4n) is 6.62. The van der Waals surface area contributed by atoms with E-state index in [1.165, 1.54) is 32.7 Å². The van der Waals surface area contributed by atoms with Gasteiger partial charge in [-0.05, 0) is 41.5 Å². The Bertz CT molecular complexity index is 2580. The van der Waals surface area contributed by atoms with Gasteiger partial charge in [-0.3, -0.25) is 4.98 Å². The number of hydrogen-bond donors (Lipinski definition) is 0. The number of nitrogens with zero attached hydrogens (tertiary/aromatic N) is 3. The van der Waals surface area contributed by atoms with Gasteiger partial charge in [0.1, 0.15) is 0 Å². The second kappa shape index (κ2) is 9.17. The third-order valence-corrected chi connectivity index (χ3v) is 8.69. The van der Waals surface area contributed by atoms with Crippen molar-refractivity contribution in [2.45, 2.75) is 6.92 Å². The molecule has 0 amide bonds. The summed E-state index contributed by atoms with van der Waals surface area (Å²) >= 11 is 0. The Hall–Kier alpha value is -5.67. The third kappa shape index (κ3) is 3.72. The summed E-state index contributed by atoms with van der Waals surface area (Å²) in [5.74, 6) is 0. The van der Waals surface area contributed by atoms with Crippen molar-refractivity contribution in [1.29, 1.82) is 0 Å². The smallest absolute Gasteiger partial charge is 0.0972 e. The standard InChI is InChI=1S/C40H25N3/c1-24-11-17-32-28(22-24)15-19-34-36(33-18-14-25-6-2-3-10-31(25)39(33)43-40(32)34)30-8-4-7-29(23-30)35-20-16-27-13-12-26-9-5-21-41-37(26)38(27)42-35/h2-23H,1H3. The maximum Gasteiger partial charge on any atom is 0.0972 e. The summed E-state index contributed by atoms with van der Waals surface area (Å²) in [5, 5.41) is 9.22. The third-order valence-electron chi connectivity index (χ3n) is 8.69. The van der Waals surface area contributed by atoms with Gasteiger partial charge in [-0.2, -0.15) is 0 Å². The van der Waals surface area contributed by atoms with Crippen molar-refractivity contribution >= 4 is 65.2 Å². The summed E-state index contributed by atoms with van der Waals surface area (Å²) < 4.78 is 0. The lowest BCUT2D eigenvalue weighted by Gasteiger charge is -2.15. The Balaban J connectivity index is 1.34. The highest BCUT2D eigenvalue weighted by Crippen LogP contribution is 2.41. The minimum absolute atomic E-state index is 0.925. The number of rotatable bonds is 2. The van der Waals surface area contributed by atoms with Crippen LogP contribution in [-0.2, 0) is 0 Å². The van der Waals surface area contributed by atoms with Crippen LogP contribution in [-0.4, -0.2) is 15.0 Å². The summed E-state index contributed by atoms with van der Waals surface area (Å²) in [4.78, 5) is 15.2. The molecule has 0 unspecified atom stereocenters. The van der Waals surface area contributed by atoms with Crippen molar-refractivity contribution in [3.63, 3.8) is 0 Å². The largest absolute Gasteiger partial charge is 0.254 e. The molecule has 9 aromatic rings. The summed E-state index contributed by atoms with van der Waals surface area (Å²) in [6.07, 6.45) is 1.84. The lowest BCUT2D eigenvalue weighted by Crippen LogP contribution is -1.93. The predicted octanol–water partition coefficient (Wildman–Crippen LogP) is 10.4. The molecule has 0 radical (unpaired) electrons. The van der Waals surface area contributed by atoms with E-state index in [0.717, 1.165) is 60.4 Å². The van der Waals surface area contributed by atoms with Crippen LogP contribution in [0.25, 0.3) is 87.5 Å². The normalized spacial score (nSPS) is 11.8. The van der Waals surface area contributed by atoms with E-state index in [2.05, 4.69) is 133 Å². The van der Waals surface area contributed by atoms with Crippen LogP contribution in [0.1, 0.15) is 5.56 Å². The van der Waals surface area contributed by atoms with Crippen molar-refractivity contribution in [3.05, 3.63) is 139 Å². The van der Waals surface area contributed by atoms with Crippen molar-refractivity contribution in [2.75, 3.05) is 0 Å². The van der Waals surface area contributed by atoms with E-state index in [1.807, 2.05) is 12.3 Å². The molecule has 0 aliphatic carbocycles. The molecular weight excluding hydrogens is 522 g/mol. The molecule has 0 spiro atoms. The maximum atomic E-state index is 5.37. The Kier molecular flexibility index (Phi) is 5.11. The first-order valence-corrected chi connectivity index (χ1v) is 14.6. The SMILES string of the molecule is Cc1ccc2c(ccc3c(-c4cccc(-c5ccc6ccc7cccnc7c6n5)c4)c4ccc5ccccc5c4nc32)c1. The fourth-order valence-corrected chi connectivity index (χ4v) is 6.62. The maximum absolute atomic E-state index is 5.37. The van der Waals surface area contributed by atoms with Gasteiger partial charge in [0, 0.05) is 49.6 Å². The van der Waals surface area contributed by atoms with E-state index in [4.69, 9.17) is 9.97 Å². The van der Waals surface area contributed by atoms with Gasteiger partial charge in [0.15, 0.2) is 0 Å². The van der Waals surface area contributed by atoms with E-state index < -0.39 is 0 Å². The lowest BCUT2D eigenvalue weighted by molar-refractivity contribution is 1.37. The molecule has 0 aliphatic rings. The molecule has 0 saturated heterocycles. The van der Waals surface area contributed by atoms with Crippen LogP contribution in [0.15, 0.2) is 134 Å². The van der Waals surface area contributed by atoms with Gasteiger partial charge < -0.3 is 0 Å². The molecule has 0 atom stereocenters. The zero-order valence-electron chi connectivity index (χ0n) is 23.5. The van der Waals surface area contributed by atoms with Crippen molar-refractivity contribution in [2.24, 2.45) is 0 Å². The minimum Gasteiger partial charge on any atom is -0.254 e. The van der Waals surface area contributed by atoms with E-state index in [0.29, 0.717) is 0 Å². The first-order chi connectivity index (χ1) is 21.2. The Morgan fingerprint density at radius 3 is 1.98 bits per heavy atom. The average Bonchev–Trinajstić information content (AvgIpc) is 3.06. The Morgan fingerprint density at radius 1 is 0.419 bits per heavy atom. The summed E-state index contributed by atoms with van der Waals surface area (Å²) in [6.45, 7) is 2.14. The highest BCUT2D eigenvalue weighted by Gasteiger charge is 2.16. The summed E-state index contributed by atoms with van der Waals surface area (Å²) in [5.41, 5.74) is 9.51. The fraction of sp³-hybridized carbons (Fsp3) is 0.0250. The molecule has 200 valence electrons. The monoisotopic (exact) mass is 547 g/mol. The molecule has 0 bridgehead atoms. The molecule has 0 fully saturated rings. The minimum atomic E-state index is 0.925. The van der Waals surface area contributed by atoms with Crippen LogP contribution in [0.5, 0.6) is 0 Å². The Morgan fingerprint density at radius 2 is 1.09 bits per heavy atom. The van der Waals surface area contributed by atoms with Crippen LogP contribution >= 0.6 is 0 Å². The highest BCUT2D eigenvalue weighted by molar-refractivity contribution is 6.21. The van der Waals surface area contributed by atoms with E-state index in [1.54, 1.807) is 0 Å². The van der Waals surface area contributed by atoms with Crippen LogP contribution in [0, 0.1) is 6.92 Å². The van der Waals surface area contributed by atoms with Gasteiger partial charge in [-0.25, -0.2) is 9.97 Å². The molecule has 3 aromatic heterocycles. The number of benzene rings is 6. The molecule has 3 nitrogen and oxygen atoms in total. The summed E-state index contributed by atoms with van der Waals surface area (Å²) in [7, 11) is 0. The van der Waals surface area contributed by atoms with Crippen LogP contribution in [0.2, 0.25) is 0 Å². The van der Waals surface area contributed by atoms with Gasteiger partial charge >= 0.3 is 0 Å². The average molecular weight is 548 g/mol.